The minimum absolute atomic E-state index is 0.0865. The van der Waals surface area contributed by atoms with Crippen molar-refractivity contribution >= 4 is 29.2 Å². The number of nitrogens with zero attached hydrogens (tertiary/aromatic N) is 3. The van der Waals surface area contributed by atoms with Gasteiger partial charge in [-0.2, -0.15) is 9.78 Å². The summed E-state index contributed by atoms with van der Waals surface area (Å²) >= 11 is 5.90. The fourth-order valence-electron chi connectivity index (χ4n) is 3.84. The molecule has 2 amide bonds. The first-order valence-corrected chi connectivity index (χ1v) is 10.9. The lowest BCUT2D eigenvalue weighted by Gasteiger charge is -2.30. The molecule has 1 atom stereocenters. The summed E-state index contributed by atoms with van der Waals surface area (Å²) in [5.74, 6) is -0.928. The van der Waals surface area contributed by atoms with Crippen molar-refractivity contribution in [1.82, 2.24) is 20.4 Å². The zero-order valence-corrected chi connectivity index (χ0v) is 19.5. The number of aliphatic hydroxyl groups is 1. The second kappa shape index (κ2) is 9.46. The SMILES string of the molecule is CN1CCCc2c1c(-c1ccc(Cl)cc1F)nn2C(=O)NC(C(=O)NCCO)C(C)(C)C. The number of halogens is 2. The fourth-order valence-corrected chi connectivity index (χ4v) is 4.00. The van der Waals surface area contributed by atoms with E-state index in [4.69, 9.17) is 16.7 Å². The van der Waals surface area contributed by atoms with E-state index in [1.54, 1.807) is 12.1 Å². The van der Waals surface area contributed by atoms with Crippen molar-refractivity contribution in [3.8, 4) is 11.3 Å². The van der Waals surface area contributed by atoms with Crippen molar-refractivity contribution in [2.24, 2.45) is 5.41 Å². The third-order valence-electron chi connectivity index (χ3n) is 5.43. The molecule has 0 radical (unpaired) electrons. The van der Waals surface area contributed by atoms with Crippen LogP contribution in [0.25, 0.3) is 11.3 Å². The molecule has 0 aliphatic carbocycles. The molecule has 1 aliphatic heterocycles. The van der Waals surface area contributed by atoms with Crippen molar-refractivity contribution < 1.29 is 19.1 Å². The van der Waals surface area contributed by atoms with Crippen molar-refractivity contribution in [2.45, 2.75) is 39.7 Å². The number of nitrogens with one attached hydrogen (secondary N) is 2. The molecule has 8 nitrogen and oxygen atoms in total. The highest BCUT2D eigenvalue weighted by molar-refractivity contribution is 6.30. The molecule has 2 aromatic rings. The number of aliphatic hydroxyl groups excluding tert-OH is 1. The van der Waals surface area contributed by atoms with E-state index in [1.807, 2.05) is 32.7 Å². The van der Waals surface area contributed by atoms with E-state index in [9.17, 15) is 14.0 Å². The number of carbonyl (C=O) groups excluding carboxylic acids is 2. The summed E-state index contributed by atoms with van der Waals surface area (Å²) in [7, 11) is 1.87. The molecule has 10 heteroatoms. The molecule has 1 aliphatic rings. The average molecular weight is 466 g/mol. The van der Waals surface area contributed by atoms with Gasteiger partial charge in [-0.05, 0) is 36.5 Å². The quantitative estimate of drug-likeness (QED) is 0.630. The number of carbonyl (C=O) groups is 2. The Kier molecular flexibility index (Phi) is 7.09. The number of hydrogen-bond donors (Lipinski definition) is 3. The molecule has 0 fully saturated rings. The monoisotopic (exact) mass is 465 g/mol. The minimum atomic E-state index is -0.863. The van der Waals surface area contributed by atoms with Crippen LogP contribution in [0.4, 0.5) is 14.9 Å². The van der Waals surface area contributed by atoms with Crippen LogP contribution < -0.4 is 15.5 Å². The average Bonchev–Trinajstić information content (AvgIpc) is 3.10. The molecule has 1 aromatic heterocycles. The molecule has 3 N–H and O–H groups in total. The maximum absolute atomic E-state index is 14.7. The lowest BCUT2D eigenvalue weighted by atomic mass is 9.86. The summed E-state index contributed by atoms with van der Waals surface area (Å²) in [5, 5.41) is 19.1. The van der Waals surface area contributed by atoms with Gasteiger partial charge < -0.3 is 20.6 Å². The zero-order chi connectivity index (χ0) is 23.6. The van der Waals surface area contributed by atoms with Gasteiger partial charge in [0.05, 0.1) is 18.0 Å². The van der Waals surface area contributed by atoms with Crippen LogP contribution in [-0.2, 0) is 11.2 Å². The molecule has 3 rings (SSSR count). The highest BCUT2D eigenvalue weighted by Gasteiger charge is 2.35. The van der Waals surface area contributed by atoms with Crippen LogP contribution in [0.3, 0.4) is 0 Å². The summed E-state index contributed by atoms with van der Waals surface area (Å²) in [6, 6.07) is 2.90. The molecule has 0 saturated heterocycles. The van der Waals surface area contributed by atoms with E-state index < -0.39 is 29.2 Å². The Labute approximate surface area is 191 Å². The van der Waals surface area contributed by atoms with Crippen LogP contribution >= 0.6 is 11.6 Å². The van der Waals surface area contributed by atoms with Gasteiger partial charge in [0.25, 0.3) is 0 Å². The Hall–Kier alpha value is -2.65. The standard InChI is InChI=1S/C22H29ClFN5O3/c1-22(2,3)19(20(31)25-9-11-30)26-21(32)29-16-6-5-10-28(4)18(16)17(27-29)14-8-7-13(23)12-15(14)24/h7-8,12,19,30H,5-6,9-11H2,1-4H3,(H,25,31)(H,26,32). The molecule has 0 spiro atoms. The molecular formula is C22H29ClFN5O3. The van der Waals surface area contributed by atoms with Crippen LogP contribution in [0, 0.1) is 11.2 Å². The second-order valence-corrected chi connectivity index (χ2v) is 9.40. The predicted molar refractivity (Wildman–Crippen MR) is 121 cm³/mol. The summed E-state index contributed by atoms with van der Waals surface area (Å²) in [6.07, 6.45) is 1.40. The van der Waals surface area contributed by atoms with Crippen molar-refractivity contribution in [2.75, 3.05) is 31.6 Å². The molecule has 1 aromatic carbocycles. The summed E-state index contributed by atoms with van der Waals surface area (Å²) < 4.78 is 15.9. The van der Waals surface area contributed by atoms with E-state index in [2.05, 4.69) is 15.7 Å². The molecule has 0 bridgehead atoms. The van der Waals surface area contributed by atoms with Crippen LogP contribution in [0.15, 0.2) is 18.2 Å². The van der Waals surface area contributed by atoms with Gasteiger partial charge in [-0.1, -0.05) is 32.4 Å². The molecular weight excluding hydrogens is 437 g/mol. The Balaban J connectivity index is 2.02. The van der Waals surface area contributed by atoms with E-state index in [0.717, 1.165) is 13.0 Å². The zero-order valence-electron chi connectivity index (χ0n) is 18.7. The predicted octanol–water partition coefficient (Wildman–Crippen LogP) is 2.81. The number of rotatable bonds is 5. The van der Waals surface area contributed by atoms with Crippen LogP contribution in [0.5, 0.6) is 0 Å². The number of anilines is 1. The first-order chi connectivity index (χ1) is 15.0. The number of aromatic nitrogens is 2. The molecule has 32 heavy (non-hydrogen) atoms. The van der Waals surface area contributed by atoms with E-state index in [-0.39, 0.29) is 23.7 Å². The lowest BCUT2D eigenvalue weighted by Crippen LogP contribution is -2.55. The Morgan fingerprint density at radius 3 is 2.69 bits per heavy atom. The minimum Gasteiger partial charge on any atom is -0.395 e. The van der Waals surface area contributed by atoms with Gasteiger partial charge in [-0.3, -0.25) is 4.79 Å². The Morgan fingerprint density at radius 2 is 2.06 bits per heavy atom. The van der Waals surface area contributed by atoms with Gasteiger partial charge in [-0.25, -0.2) is 9.18 Å². The van der Waals surface area contributed by atoms with Crippen molar-refractivity contribution in [3.63, 3.8) is 0 Å². The fraction of sp³-hybridized carbons (Fsp3) is 0.500. The largest absolute Gasteiger partial charge is 0.395 e. The van der Waals surface area contributed by atoms with Crippen LogP contribution in [0.2, 0.25) is 5.02 Å². The maximum atomic E-state index is 14.7. The molecule has 1 unspecified atom stereocenters. The van der Waals surface area contributed by atoms with Crippen molar-refractivity contribution in [1.29, 1.82) is 0 Å². The Morgan fingerprint density at radius 1 is 1.34 bits per heavy atom. The molecule has 174 valence electrons. The van der Waals surface area contributed by atoms with Crippen molar-refractivity contribution in [3.05, 3.63) is 34.7 Å². The van der Waals surface area contributed by atoms with Gasteiger partial charge in [0.2, 0.25) is 5.91 Å². The van der Waals surface area contributed by atoms with Gasteiger partial charge >= 0.3 is 6.03 Å². The van der Waals surface area contributed by atoms with Crippen LogP contribution in [0.1, 0.15) is 32.9 Å². The normalized spacial score (nSPS) is 14.7. The van der Waals surface area contributed by atoms with E-state index in [1.165, 1.54) is 10.7 Å². The van der Waals surface area contributed by atoms with Gasteiger partial charge in [0.1, 0.15) is 17.6 Å². The summed E-state index contributed by atoms with van der Waals surface area (Å²) in [5.41, 5.74) is 1.35. The highest BCUT2D eigenvalue weighted by Crippen LogP contribution is 2.38. The first kappa shape index (κ1) is 24.0. The lowest BCUT2D eigenvalue weighted by molar-refractivity contribution is -0.125. The number of amides is 2. The number of benzene rings is 1. The summed E-state index contributed by atoms with van der Waals surface area (Å²) in [6.45, 7) is 6.12. The Bertz CT molecular complexity index is 1020. The number of hydrogen-bond acceptors (Lipinski definition) is 5. The summed E-state index contributed by atoms with van der Waals surface area (Å²) in [4.78, 5) is 27.8. The topological polar surface area (TPSA) is 99.5 Å². The second-order valence-electron chi connectivity index (χ2n) is 8.97. The van der Waals surface area contributed by atoms with Crippen LogP contribution in [-0.4, -0.2) is 59.6 Å². The third kappa shape index (κ3) is 4.88. The molecule has 2 heterocycles. The van der Waals surface area contributed by atoms with E-state index in [0.29, 0.717) is 23.5 Å². The molecule has 0 saturated carbocycles. The number of fused-ring (bicyclic) bond motifs is 1. The third-order valence-corrected chi connectivity index (χ3v) is 5.66. The van der Waals surface area contributed by atoms with Gasteiger partial charge in [-0.15, -0.1) is 0 Å². The van der Waals surface area contributed by atoms with Gasteiger partial charge in [0.15, 0.2) is 0 Å². The maximum Gasteiger partial charge on any atom is 0.343 e. The first-order valence-electron chi connectivity index (χ1n) is 10.5. The van der Waals surface area contributed by atoms with Gasteiger partial charge in [0, 0.05) is 30.7 Å². The highest BCUT2D eigenvalue weighted by atomic mass is 35.5. The smallest absolute Gasteiger partial charge is 0.343 e. The van der Waals surface area contributed by atoms with E-state index >= 15 is 0 Å².